The van der Waals surface area contributed by atoms with E-state index in [0.717, 1.165) is 6.07 Å². The average Bonchev–Trinajstić information content (AvgIpc) is 2.52. The van der Waals surface area contributed by atoms with E-state index in [4.69, 9.17) is 0 Å². The van der Waals surface area contributed by atoms with Crippen LogP contribution in [0.5, 0.6) is 0 Å². The lowest BCUT2D eigenvalue weighted by Crippen LogP contribution is -2.16. The number of fused-ring (bicyclic) bond motifs is 1. The van der Waals surface area contributed by atoms with Gasteiger partial charge in [-0.15, -0.1) is 0 Å². The van der Waals surface area contributed by atoms with E-state index in [-0.39, 0.29) is 5.69 Å². The number of hydrogen-bond donors (Lipinski definition) is 0. The van der Waals surface area contributed by atoms with Crippen molar-refractivity contribution in [1.29, 1.82) is 0 Å². The number of alkyl halides is 6. The van der Waals surface area contributed by atoms with Gasteiger partial charge < -0.3 is 0 Å². The Labute approximate surface area is 131 Å². The predicted molar refractivity (Wildman–Crippen MR) is 75.0 cm³/mol. The second kappa shape index (κ2) is 5.47. The molecule has 3 aromatic rings. The maximum atomic E-state index is 13.2. The van der Waals surface area contributed by atoms with E-state index >= 15 is 0 Å². The molecule has 2 nitrogen and oxygen atoms in total. The zero-order chi connectivity index (χ0) is 17.5. The van der Waals surface area contributed by atoms with E-state index in [2.05, 4.69) is 9.97 Å². The van der Waals surface area contributed by atoms with Crippen molar-refractivity contribution in [2.24, 2.45) is 0 Å². The first kappa shape index (κ1) is 16.2. The van der Waals surface area contributed by atoms with Gasteiger partial charge in [0.15, 0.2) is 5.69 Å². The molecule has 0 amide bonds. The Morgan fingerprint density at radius 1 is 0.750 bits per heavy atom. The predicted octanol–water partition coefficient (Wildman–Crippen LogP) is 5.33. The van der Waals surface area contributed by atoms with Crippen molar-refractivity contribution >= 4 is 10.8 Å². The SMILES string of the molecule is FC(F)(F)c1ccc(-c2nccc3ccccc23)c(C(F)(F)F)n1. The Morgan fingerprint density at radius 2 is 1.46 bits per heavy atom. The van der Waals surface area contributed by atoms with Crippen LogP contribution in [0.4, 0.5) is 26.3 Å². The summed E-state index contributed by atoms with van der Waals surface area (Å²) >= 11 is 0. The van der Waals surface area contributed by atoms with Crippen molar-refractivity contribution in [3.8, 4) is 11.3 Å². The minimum absolute atomic E-state index is 0.0679. The highest BCUT2D eigenvalue weighted by Crippen LogP contribution is 2.39. The molecule has 0 aliphatic carbocycles. The summed E-state index contributed by atoms with van der Waals surface area (Å²) in [5.41, 5.74) is -3.77. The smallest absolute Gasteiger partial charge is 0.256 e. The zero-order valence-electron chi connectivity index (χ0n) is 11.8. The number of halogens is 6. The summed E-state index contributed by atoms with van der Waals surface area (Å²) in [6.07, 6.45) is -8.71. The van der Waals surface area contributed by atoms with Crippen molar-refractivity contribution < 1.29 is 26.3 Å². The molecule has 0 aliphatic heterocycles. The van der Waals surface area contributed by atoms with Crippen LogP contribution in [0.2, 0.25) is 0 Å². The first-order chi connectivity index (χ1) is 11.2. The van der Waals surface area contributed by atoms with Gasteiger partial charge >= 0.3 is 12.4 Å². The molecule has 24 heavy (non-hydrogen) atoms. The molecule has 0 spiro atoms. The molecule has 0 saturated carbocycles. The summed E-state index contributed by atoms with van der Waals surface area (Å²) in [4.78, 5) is 6.73. The molecule has 124 valence electrons. The molecule has 2 aromatic heterocycles. The van der Waals surface area contributed by atoms with Gasteiger partial charge in [-0.05, 0) is 23.6 Å². The lowest BCUT2D eigenvalue weighted by Gasteiger charge is -2.15. The highest BCUT2D eigenvalue weighted by Gasteiger charge is 2.40. The van der Waals surface area contributed by atoms with Crippen LogP contribution in [-0.4, -0.2) is 9.97 Å². The van der Waals surface area contributed by atoms with Crippen molar-refractivity contribution in [2.45, 2.75) is 12.4 Å². The van der Waals surface area contributed by atoms with E-state index in [1.165, 1.54) is 6.20 Å². The standard InChI is InChI=1S/C16H8F6N2/c17-15(18,19)12-6-5-11(14(24-12)16(20,21)22)13-10-4-2-1-3-9(10)7-8-23-13/h1-8H. The van der Waals surface area contributed by atoms with Crippen LogP contribution in [0.3, 0.4) is 0 Å². The maximum absolute atomic E-state index is 13.2. The molecule has 0 aliphatic rings. The first-order valence-electron chi connectivity index (χ1n) is 6.67. The van der Waals surface area contributed by atoms with Gasteiger partial charge in [0, 0.05) is 17.1 Å². The number of nitrogens with zero attached hydrogens (tertiary/aromatic N) is 2. The van der Waals surface area contributed by atoms with Gasteiger partial charge in [-0.25, -0.2) is 4.98 Å². The summed E-state index contributed by atoms with van der Waals surface area (Å²) in [5, 5.41) is 1.02. The van der Waals surface area contributed by atoms with Crippen molar-refractivity contribution in [1.82, 2.24) is 9.97 Å². The quantitative estimate of drug-likeness (QED) is 0.558. The second-order valence-corrected chi connectivity index (χ2v) is 4.97. The molecule has 0 radical (unpaired) electrons. The van der Waals surface area contributed by atoms with E-state index in [1.807, 2.05) is 0 Å². The minimum Gasteiger partial charge on any atom is -0.256 e. The third-order valence-corrected chi connectivity index (χ3v) is 3.38. The third-order valence-electron chi connectivity index (χ3n) is 3.38. The fourth-order valence-electron chi connectivity index (χ4n) is 2.36. The first-order valence-corrected chi connectivity index (χ1v) is 6.67. The van der Waals surface area contributed by atoms with Gasteiger partial charge in [-0.3, -0.25) is 4.98 Å². The highest BCUT2D eigenvalue weighted by atomic mass is 19.4. The lowest BCUT2D eigenvalue weighted by atomic mass is 10.0. The Kier molecular flexibility index (Phi) is 3.70. The molecular formula is C16H8F6N2. The van der Waals surface area contributed by atoms with E-state index in [1.54, 1.807) is 30.3 Å². The third kappa shape index (κ3) is 2.91. The van der Waals surface area contributed by atoms with Crippen LogP contribution in [0.25, 0.3) is 22.0 Å². The van der Waals surface area contributed by atoms with E-state index in [0.29, 0.717) is 16.8 Å². The lowest BCUT2D eigenvalue weighted by molar-refractivity contribution is -0.149. The second-order valence-electron chi connectivity index (χ2n) is 4.97. The van der Waals surface area contributed by atoms with Crippen molar-refractivity contribution in [3.05, 3.63) is 60.0 Å². The van der Waals surface area contributed by atoms with Gasteiger partial charge in [0.05, 0.1) is 5.69 Å². The van der Waals surface area contributed by atoms with Crippen LogP contribution in [-0.2, 0) is 12.4 Å². The van der Waals surface area contributed by atoms with E-state index in [9.17, 15) is 26.3 Å². The maximum Gasteiger partial charge on any atom is 0.434 e. The largest absolute Gasteiger partial charge is 0.434 e. The molecule has 8 heteroatoms. The zero-order valence-corrected chi connectivity index (χ0v) is 11.8. The Bertz CT molecular complexity index is 894. The van der Waals surface area contributed by atoms with Gasteiger partial charge in [0.1, 0.15) is 5.69 Å². The molecule has 0 fully saturated rings. The summed E-state index contributed by atoms with van der Waals surface area (Å²) in [5.74, 6) is 0. The summed E-state index contributed by atoms with van der Waals surface area (Å²) < 4.78 is 77.8. The highest BCUT2D eigenvalue weighted by molar-refractivity contribution is 5.94. The summed E-state index contributed by atoms with van der Waals surface area (Å²) in [7, 11) is 0. The topological polar surface area (TPSA) is 25.8 Å². The number of aromatic nitrogens is 2. The monoisotopic (exact) mass is 342 g/mol. The molecule has 0 N–H and O–H groups in total. The van der Waals surface area contributed by atoms with Gasteiger partial charge in [0.2, 0.25) is 0 Å². The van der Waals surface area contributed by atoms with Gasteiger partial charge in [-0.1, -0.05) is 24.3 Å². The van der Waals surface area contributed by atoms with E-state index < -0.39 is 29.3 Å². The molecule has 2 heterocycles. The normalized spacial score (nSPS) is 12.6. The fraction of sp³-hybridized carbons (Fsp3) is 0.125. The van der Waals surface area contributed by atoms with Gasteiger partial charge in [0.25, 0.3) is 0 Å². The Balaban J connectivity index is 2.31. The van der Waals surface area contributed by atoms with Crippen molar-refractivity contribution in [3.63, 3.8) is 0 Å². The molecule has 0 unspecified atom stereocenters. The number of benzene rings is 1. The molecule has 0 atom stereocenters. The molecule has 0 saturated heterocycles. The van der Waals surface area contributed by atoms with Crippen molar-refractivity contribution in [2.75, 3.05) is 0 Å². The van der Waals surface area contributed by atoms with Crippen LogP contribution >= 0.6 is 0 Å². The molecular weight excluding hydrogens is 334 g/mol. The number of pyridine rings is 2. The minimum atomic E-state index is -5.05. The van der Waals surface area contributed by atoms with Crippen LogP contribution in [0, 0.1) is 0 Å². The van der Waals surface area contributed by atoms with Crippen LogP contribution < -0.4 is 0 Å². The summed E-state index contributed by atoms with van der Waals surface area (Å²) in [6, 6.07) is 9.41. The Morgan fingerprint density at radius 3 is 2.12 bits per heavy atom. The average molecular weight is 342 g/mol. The van der Waals surface area contributed by atoms with Crippen LogP contribution in [0.15, 0.2) is 48.7 Å². The Hall–Kier alpha value is -2.64. The number of hydrogen-bond acceptors (Lipinski definition) is 2. The van der Waals surface area contributed by atoms with Gasteiger partial charge in [-0.2, -0.15) is 26.3 Å². The molecule has 3 rings (SSSR count). The fourth-order valence-corrected chi connectivity index (χ4v) is 2.36. The summed E-state index contributed by atoms with van der Waals surface area (Å²) in [6.45, 7) is 0. The van der Waals surface area contributed by atoms with Crippen LogP contribution in [0.1, 0.15) is 11.4 Å². The number of rotatable bonds is 1. The molecule has 1 aromatic carbocycles. The molecule has 0 bridgehead atoms.